The van der Waals surface area contributed by atoms with Crippen molar-refractivity contribution in [3.05, 3.63) is 93.9 Å². The number of carbonyl (C=O) groups is 3. The molecular weight excluding hydrogens is 731 g/mol. The van der Waals surface area contributed by atoms with E-state index >= 15 is 0 Å². The minimum Gasteiger partial charge on any atom is -0.463 e. The molecule has 3 aliphatic carbocycles. The van der Waals surface area contributed by atoms with E-state index in [1.54, 1.807) is 13.1 Å². The number of nitrogens with zero attached hydrogens (tertiary/aromatic N) is 1. The van der Waals surface area contributed by atoms with Gasteiger partial charge in [-0.15, -0.1) is 0 Å². The van der Waals surface area contributed by atoms with E-state index < -0.39 is 28.5 Å². The highest BCUT2D eigenvalue weighted by Gasteiger charge is 2.85. The maximum Gasteiger partial charge on any atom is 0.350 e. The first-order chi connectivity index (χ1) is 28.0. The number of hydrogen-bond donors (Lipinski definition) is 6. The molecular formula is C46H63N7O5. The number of likely N-dealkylation sites (N-methyl/N-ethyl adjacent to an activating group) is 1. The molecule has 6 atom stereocenters. The predicted molar refractivity (Wildman–Crippen MR) is 227 cm³/mol. The Labute approximate surface area is 343 Å². The van der Waals surface area contributed by atoms with Crippen molar-refractivity contribution in [2.24, 2.45) is 22.7 Å². The molecule has 1 aromatic rings. The van der Waals surface area contributed by atoms with Crippen LogP contribution < -0.4 is 31.9 Å². The largest absolute Gasteiger partial charge is 0.463 e. The second kappa shape index (κ2) is 17.4. The van der Waals surface area contributed by atoms with E-state index in [0.29, 0.717) is 43.1 Å². The third kappa shape index (κ3) is 7.82. The van der Waals surface area contributed by atoms with Gasteiger partial charge in [-0.25, -0.2) is 4.79 Å². The highest BCUT2D eigenvalue weighted by atomic mass is 16.7. The molecule has 0 unspecified atom stereocenters. The zero-order valence-electron chi connectivity index (χ0n) is 35.2. The number of aliphatic imine (C=N–C) groups is 1. The zero-order valence-corrected chi connectivity index (χ0v) is 35.2. The summed E-state index contributed by atoms with van der Waals surface area (Å²) in [7, 11) is 3.67. The fourth-order valence-corrected chi connectivity index (χ4v) is 9.90. The van der Waals surface area contributed by atoms with E-state index in [0.717, 1.165) is 73.7 Å². The lowest BCUT2D eigenvalue weighted by Crippen LogP contribution is -2.53. The number of nitrogens with one attached hydrogen (secondary N) is 6. The maximum atomic E-state index is 14.9. The van der Waals surface area contributed by atoms with Crippen molar-refractivity contribution in [2.75, 3.05) is 47.0 Å². The molecule has 12 heteroatoms. The Morgan fingerprint density at radius 3 is 2.81 bits per heavy atom. The molecule has 6 N–H and O–H groups in total. The van der Waals surface area contributed by atoms with E-state index in [4.69, 9.17) is 9.47 Å². The van der Waals surface area contributed by atoms with Gasteiger partial charge in [0.1, 0.15) is 5.82 Å². The molecule has 2 saturated heterocycles. The Balaban J connectivity index is 1.20. The van der Waals surface area contributed by atoms with E-state index in [9.17, 15) is 14.4 Å². The first-order valence-corrected chi connectivity index (χ1v) is 21.4. The van der Waals surface area contributed by atoms with E-state index in [2.05, 4.69) is 88.0 Å². The minimum atomic E-state index is -2.05. The van der Waals surface area contributed by atoms with Crippen molar-refractivity contribution in [1.29, 1.82) is 0 Å². The van der Waals surface area contributed by atoms with Crippen molar-refractivity contribution in [3.63, 3.8) is 0 Å². The maximum absolute atomic E-state index is 14.9. The van der Waals surface area contributed by atoms with Crippen LogP contribution in [0.25, 0.3) is 0 Å². The summed E-state index contributed by atoms with van der Waals surface area (Å²) in [5.41, 5.74) is 0.576. The number of hydrogen-bond acceptors (Lipinski definition) is 10. The molecule has 1 aromatic carbocycles. The number of dihydropyridines is 1. The lowest BCUT2D eigenvalue weighted by Gasteiger charge is -2.38. The SMILES string of the molecule is CCN[C@@H]1C=C2C=CCC[C@H]2C[C@H]1COC(=O)[C@]12O[C@@]1(C/C=C(\C)C[C@]1(C3=CCNC(NCNC)=C3)CCCNC(=NC)N1)C(=O)c1cccc(CC(C)C)c1C2=O. The van der Waals surface area contributed by atoms with Gasteiger partial charge in [-0.05, 0) is 100 Å². The van der Waals surface area contributed by atoms with Gasteiger partial charge >= 0.3 is 5.97 Å². The van der Waals surface area contributed by atoms with Crippen LogP contribution in [-0.4, -0.2) is 93.3 Å². The molecule has 3 heterocycles. The summed E-state index contributed by atoms with van der Waals surface area (Å²) in [5, 5.41) is 20.7. The Morgan fingerprint density at radius 2 is 2.03 bits per heavy atom. The fraction of sp³-hybridized carbons (Fsp3) is 0.565. The van der Waals surface area contributed by atoms with Crippen LogP contribution in [0.2, 0.25) is 0 Å². The second-order valence-corrected chi connectivity index (χ2v) is 17.3. The van der Waals surface area contributed by atoms with Crippen LogP contribution in [0.15, 0.2) is 82.2 Å². The normalized spacial score (nSPS) is 31.0. The monoisotopic (exact) mass is 793 g/mol. The van der Waals surface area contributed by atoms with Crippen LogP contribution >= 0.6 is 0 Å². The van der Waals surface area contributed by atoms with Crippen molar-refractivity contribution in [3.8, 4) is 0 Å². The smallest absolute Gasteiger partial charge is 0.350 e. The molecule has 58 heavy (non-hydrogen) atoms. The van der Waals surface area contributed by atoms with Crippen LogP contribution in [-0.2, 0) is 20.7 Å². The number of fused-ring (bicyclic) bond motifs is 3. The summed E-state index contributed by atoms with van der Waals surface area (Å²) in [6.07, 6.45) is 19.0. The summed E-state index contributed by atoms with van der Waals surface area (Å²) in [6.45, 7) is 11.2. The molecule has 0 spiro atoms. The highest BCUT2D eigenvalue weighted by Crippen LogP contribution is 2.59. The molecule has 0 amide bonds. The van der Waals surface area contributed by atoms with Gasteiger partial charge in [-0.2, -0.15) is 0 Å². The van der Waals surface area contributed by atoms with Gasteiger partial charge in [0.05, 0.1) is 18.8 Å². The molecule has 312 valence electrons. The summed E-state index contributed by atoms with van der Waals surface area (Å²) < 4.78 is 12.6. The molecule has 7 rings (SSSR count). The summed E-state index contributed by atoms with van der Waals surface area (Å²) in [5.74, 6) is 0.734. The molecule has 0 saturated carbocycles. The van der Waals surface area contributed by atoms with E-state index in [1.807, 2.05) is 32.2 Å². The molecule has 2 fully saturated rings. The molecule has 3 aliphatic heterocycles. The quantitative estimate of drug-likeness (QED) is 0.0479. The number of Topliss-reactive ketones (excluding diaryl/α,β-unsaturated/α-hetero) is 2. The average Bonchev–Trinajstić information content (AvgIpc) is 3.97. The number of benzene rings is 1. The molecule has 6 aliphatic rings. The topological polar surface area (TPSA) is 158 Å². The molecule has 0 bridgehead atoms. The Kier molecular flexibility index (Phi) is 12.5. The van der Waals surface area contributed by atoms with Gasteiger partial charge in [-0.3, -0.25) is 14.6 Å². The minimum absolute atomic E-state index is 0.0237. The third-order valence-electron chi connectivity index (χ3n) is 12.8. The number of carbonyl (C=O) groups excluding carboxylic acids is 3. The first kappa shape index (κ1) is 41.6. The lowest BCUT2D eigenvalue weighted by atomic mass is 9.70. The summed E-state index contributed by atoms with van der Waals surface area (Å²) in [6, 6.07) is 5.46. The summed E-state index contributed by atoms with van der Waals surface area (Å²) in [4.78, 5) is 48.9. The number of allylic oxidation sites excluding steroid dienone is 3. The van der Waals surface area contributed by atoms with Crippen molar-refractivity contribution in [1.82, 2.24) is 31.9 Å². The van der Waals surface area contributed by atoms with E-state index in [-0.39, 0.29) is 36.7 Å². The van der Waals surface area contributed by atoms with E-state index in [1.165, 1.54) is 5.57 Å². The molecule has 12 nitrogen and oxygen atoms in total. The third-order valence-corrected chi connectivity index (χ3v) is 12.8. The number of epoxide rings is 1. The highest BCUT2D eigenvalue weighted by molar-refractivity contribution is 6.33. The molecule has 0 aromatic heterocycles. The van der Waals surface area contributed by atoms with Gasteiger partial charge in [-0.1, -0.05) is 74.9 Å². The molecule has 0 radical (unpaired) electrons. The number of esters is 1. The van der Waals surface area contributed by atoms with Crippen molar-refractivity contribution < 1.29 is 23.9 Å². The van der Waals surface area contributed by atoms with Crippen molar-refractivity contribution in [2.45, 2.75) is 102 Å². The second-order valence-electron chi connectivity index (χ2n) is 17.3. The predicted octanol–water partition coefficient (Wildman–Crippen LogP) is 4.77. The number of guanidine groups is 1. The average molecular weight is 794 g/mol. The van der Waals surface area contributed by atoms with Gasteiger partial charge in [0.2, 0.25) is 5.78 Å². The fourth-order valence-electron chi connectivity index (χ4n) is 9.90. The van der Waals surface area contributed by atoms with Crippen molar-refractivity contribution >= 4 is 23.5 Å². The van der Waals surface area contributed by atoms with Crippen LogP contribution in [0.1, 0.15) is 98.9 Å². The van der Waals surface area contributed by atoms with Crippen LogP contribution in [0.4, 0.5) is 0 Å². The van der Waals surface area contributed by atoms with Gasteiger partial charge in [0.15, 0.2) is 17.3 Å². The van der Waals surface area contributed by atoms with Crippen LogP contribution in [0.5, 0.6) is 0 Å². The number of ketones is 2. The summed E-state index contributed by atoms with van der Waals surface area (Å²) >= 11 is 0. The Hall–Kier alpha value is -4.52. The Morgan fingerprint density at radius 1 is 1.19 bits per heavy atom. The van der Waals surface area contributed by atoms with Gasteiger partial charge in [0, 0.05) is 49.6 Å². The van der Waals surface area contributed by atoms with Gasteiger partial charge in [0.25, 0.3) is 5.60 Å². The van der Waals surface area contributed by atoms with Crippen LogP contribution in [0, 0.1) is 17.8 Å². The first-order valence-electron chi connectivity index (χ1n) is 21.4. The zero-order chi connectivity index (χ0) is 41.1. The van der Waals surface area contributed by atoms with Gasteiger partial charge < -0.3 is 41.4 Å². The van der Waals surface area contributed by atoms with Crippen LogP contribution in [0.3, 0.4) is 0 Å². The Bertz CT molecular complexity index is 1960. The number of rotatable bonds is 15. The standard InChI is InChI=1S/C46H63N7O5/c1-7-49-37-24-32-13-9-8-12-31(32)23-34(37)27-57-42(56)46-41(55)39-33(22-29(2)3)14-10-15-36(39)40(54)45(46,58-46)19-16-30(4)26-44(18-11-20-51-43(48-6)53-44)35-17-21-50-38(25-35)52-28-47-5/h9-10,13-17,24-25,29,31,34,37,47,49-50,52H,7-8,11-12,18-23,26-28H2,1-6H3,(H2,48,51,53)/b30-16+/t31-,34-,37+,44-,45-,46-/m0/s1. The lowest BCUT2D eigenvalue weighted by molar-refractivity contribution is -0.150. The number of ether oxygens (including phenoxy) is 2.